The number of nitrogens with zero attached hydrogens (tertiary/aromatic N) is 2. The van der Waals surface area contributed by atoms with E-state index in [9.17, 15) is 9.59 Å². The third-order valence-corrected chi connectivity index (χ3v) is 6.06. The average Bonchev–Trinajstić information content (AvgIpc) is 3.19. The van der Waals surface area contributed by atoms with Crippen LogP contribution in [0.3, 0.4) is 0 Å². The number of anilines is 1. The van der Waals surface area contributed by atoms with Crippen LogP contribution in [-0.4, -0.2) is 22.6 Å². The number of methoxy groups -OCH3 is 1. The molecule has 0 atom stereocenters. The first-order valence-corrected chi connectivity index (χ1v) is 10.9. The number of fused-ring (bicyclic) bond motifs is 1. The lowest BCUT2D eigenvalue weighted by atomic mass is 10.1. The van der Waals surface area contributed by atoms with Crippen LogP contribution >= 0.6 is 22.9 Å². The van der Waals surface area contributed by atoms with Gasteiger partial charge in [-0.1, -0.05) is 41.4 Å². The summed E-state index contributed by atoms with van der Waals surface area (Å²) in [6, 6.07) is 13.0. The zero-order valence-corrected chi connectivity index (χ0v) is 18.6. The lowest BCUT2D eigenvalue weighted by Gasteiger charge is -2.11. The quantitative estimate of drug-likeness (QED) is 0.439. The minimum absolute atomic E-state index is 0.104. The monoisotopic (exact) mass is 453 g/mol. The van der Waals surface area contributed by atoms with Gasteiger partial charge in [-0.3, -0.25) is 14.2 Å². The number of hydrogen-bond acceptors (Lipinski definition) is 5. The molecule has 0 aliphatic heterocycles. The van der Waals surface area contributed by atoms with E-state index in [-0.39, 0.29) is 24.4 Å². The van der Waals surface area contributed by atoms with Crippen molar-refractivity contribution in [3.63, 3.8) is 0 Å². The van der Waals surface area contributed by atoms with Gasteiger partial charge >= 0.3 is 0 Å². The molecule has 0 saturated carbocycles. The van der Waals surface area contributed by atoms with E-state index >= 15 is 0 Å². The summed E-state index contributed by atoms with van der Waals surface area (Å²) in [6.45, 7) is 2.23. The van der Waals surface area contributed by atoms with Gasteiger partial charge in [0.25, 0.3) is 5.56 Å². The molecule has 2 aromatic carbocycles. The summed E-state index contributed by atoms with van der Waals surface area (Å²) in [5.74, 6) is 0.260. The topological polar surface area (TPSA) is 73.2 Å². The maximum absolute atomic E-state index is 13.1. The Hall–Kier alpha value is -3.16. The molecule has 1 amide bonds. The summed E-state index contributed by atoms with van der Waals surface area (Å²) >= 11 is 7.45. The van der Waals surface area contributed by atoms with Crippen LogP contribution in [0.2, 0.25) is 5.02 Å². The molecular formula is C23H20ClN3O3S. The van der Waals surface area contributed by atoms with E-state index in [1.807, 2.05) is 36.6 Å². The van der Waals surface area contributed by atoms with Crippen LogP contribution in [0.1, 0.15) is 12.0 Å². The van der Waals surface area contributed by atoms with E-state index in [4.69, 9.17) is 16.3 Å². The van der Waals surface area contributed by atoms with Crippen LogP contribution in [0, 0.1) is 6.92 Å². The summed E-state index contributed by atoms with van der Waals surface area (Å²) in [5, 5.41) is 5.80. The van der Waals surface area contributed by atoms with Crippen molar-refractivity contribution >= 4 is 44.7 Å². The number of amides is 1. The van der Waals surface area contributed by atoms with Gasteiger partial charge in [-0.25, -0.2) is 4.98 Å². The molecule has 8 heteroatoms. The van der Waals surface area contributed by atoms with Gasteiger partial charge in [-0.2, -0.15) is 0 Å². The lowest BCUT2D eigenvalue weighted by molar-refractivity contribution is -0.116. The predicted octanol–water partition coefficient (Wildman–Crippen LogP) is 5.12. The van der Waals surface area contributed by atoms with Gasteiger partial charge in [-0.15, -0.1) is 11.3 Å². The minimum atomic E-state index is -0.253. The summed E-state index contributed by atoms with van der Waals surface area (Å²) in [7, 11) is 1.52. The molecule has 158 valence electrons. The third-order valence-electron chi connectivity index (χ3n) is 4.94. The number of aromatic nitrogens is 2. The van der Waals surface area contributed by atoms with Crippen molar-refractivity contribution in [3.8, 4) is 16.9 Å². The Labute approximate surface area is 188 Å². The van der Waals surface area contributed by atoms with Gasteiger partial charge in [0.1, 0.15) is 10.6 Å². The molecule has 0 aliphatic carbocycles. The van der Waals surface area contributed by atoms with Gasteiger partial charge in [0.2, 0.25) is 5.91 Å². The highest BCUT2D eigenvalue weighted by molar-refractivity contribution is 7.17. The molecular weight excluding hydrogens is 434 g/mol. The molecule has 0 aliphatic rings. The van der Waals surface area contributed by atoms with Crippen LogP contribution in [-0.2, 0) is 11.3 Å². The van der Waals surface area contributed by atoms with Gasteiger partial charge in [-0.05, 0) is 30.7 Å². The smallest absolute Gasteiger partial charge is 0.262 e. The van der Waals surface area contributed by atoms with Gasteiger partial charge in [0.05, 0.1) is 24.5 Å². The van der Waals surface area contributed by atoms with Crippen molar-refractivity contribution < 1.29 is 9.53 Å². The number of halogens is 1. The van der Waals surface area contributed by atoms with Crippen LogP contribution in [0.4, 0.5) is 5.69 Å². The highest BCUT2D eigenvalue weighted by Gasteiger charge is 2.14. The van der Waals surface area contributed by atoms with E-state index in [0.717, 1.165) is 16.7 Å². The van der Waals surface area contributed by atoms with Crippen molar-refractivity contribution in [2.75, 3.05) is 12.4 Å². The van der Waals surface area contributed by atoms with Gasteiger partial charge in [0, 0.05) is 28.9 Å². The number of benzene rings is 2. The highest BCUT2D eigenvalue weighted by atomic mass is 35.5. The Morgan fingerprint density at radius 2 is 2.00 bits per heavy atom. The minimum Gasteiger partial charge on any atom is -0.495 e. The fourth-order valence-corrected chi connectivity index (χ4v) is 4.36. The fraction of sp³-hybridized carbons (Fsp3) is 0.174. The van der Waals surface area contributed by atoms with Crippen molar-refractivity contribution in [1.29, 1.82) is 0 Å². The Morgan fingerprint density at radius 1 is 1.23 bits per heavy atom. The Kier molecular flexibility index (Phi) is 6.06. The maximum atomic E-state index is 13.1. The van der Waals surface area contributed by atoms with Gasteiger partial charge in [0.15, 0.2) is 0 Å². The van der Waals surface area contributed by atoms with Crippen molar-refractivity contribution in [1.82, 2.24) is 9.55 Å². The summed E-state index contributed by atoms with van der Waals surface area (Å²) < 4.78 is 6.72. The summed E-state index contributed by atoms with van der Waals surface area (Å²) in [6.07, 6.45) is 1.60. The number of ether oxygens (including phenoxy) is 1. The number of rotatable bonds is 6. The largest absolute Gasteiger partial charge is 0.495 e. The number of aryl methyl sites for hydroxylation is 2. The SMILES string of the molecule is COc1ccc(Cl)cc1NC(=O)CCn1cnc2scc(-c3ccc(C)cc3)c2c1=O. The van der Waals surface area contributed by atoms with Crippen LogP contribution in [0.25, 0.3) is 21.3 Å². The first-order valence-electron chi connectivity index (χ1n) is 9.63. The van der Waals surface area contributed by atoms with E-state index < -0.39 is 0 Å². The molecule has 31 heavy (non-hydrogen) atoms. The second kappa shape index (κ2) is 8.91. The maximum Gasteiger partial charge on any atom is 0.262 e. The van der Waals surface area contributed by atoms with Crippen LogP contribution in [0.15, 0.2) is 59.0 Å². The zero-order valence-electron chi connectivity index (χ0n) is 17.0. The van der Waals surface area contributed by atoms with E-state index in [0.29, 0.717) is 26.7 Å². The van der Waals surface area contributed by atoms with Crippen molar-refractivity contribution in [3.05, 3.63) is 75.1 Å². The normalized spacial score (nSPS) is 10.9. The molecule has 0 bridgehead atoms. The lowest BCUT2D eigenvalue weighted by Crippen LogP contribution is -2.23. The number of hydrogen-bond donors (Lipinski definition) is 1. The van der Waals surface area contributed by atoms with Crippen LogP contribution < -0.4 is 15.6 Å². The van der Waals surface area contributed by atoms with Crippen molar-refractivity contribution in [2.24, 2.45) is 0 Å². The molecule has 2 aromatic heterocycles. The van der Waals surface area contributed by atoms with Crippen molar-refractivity contribution in [2.45, 2.75) is 19.9 Å². The summed E-state index contributed by atoms with van der Waals surface area (Å²) in [5.41, 5.74) is 3.32. The first kappa shape index (κ1) is 21.1. The molecule has 4 rings (SSSR count). The molecule has 0 spiro atoms. The standard InChI is InChI=1S/C23H20ClN3O3S/c1-14-3-5-15(6-4-14)17-12-31-22-21(17)23(29)27(13-25-22)10-9-20(28)26-18-11-16(24)7-8-19(18)30-2/h3-8,11-13H,9-10H2,1-2H3,(H,26,28). The Balaban J connectivity index is 1.55. The number of nitrogens with one attached hydrogen (secondary N) is 1. The average molecular weight is 454 g/mol. The van der Waals surface area contributed by atoms with Gasteiger partial charge < -0.3 is 10.1 Å². The van der Waals surface area contributed by atoms with Crippen LogP contribution in [0.5, 0.6) is 5.75 Å². The molecule has 1 N–H and O–H groups in total. The number of thiophene rings is 1. The molecule has 0 saturated heterocycles. The second-order valence-electron chi connectivity index (χ2n) is 7.08. The predicted molar refractivity (Wildman–Crippen MR) is 125 cm³/mol. The third kappa shape index (κ3) is 4.47. The Morgan fingerprint density at radius 3 is 2.74 bits per heavy atom. The first-order chi connectivity index (χ1) is 15.0. The second-order valence-corrected chi connectivity index (χ2v) is 8.38. The highest BCUT2D eigenvalue weighted by Crippen LogP contribution is 2.31. The zero-order chi connectivity index (χ0) is 22.0. The number of carbonyl (C=O) groups excluding carboxylic acids is 1. The molecule has 2 heterocycles. The summed E-state index contributed by atoms with van der Waals surface area (Å²) in [4.78, 5) is 30.7. The molecule has 0 unspecified atom stereocenters. The molecule has 0 radical (unpaired) electrons. The molecule has 4 aromatic rings. The molecule has 0 fully saturated rings. The van der Waals surface area contributed by atoms with E-state index in [1.54, 1.807) is 18.2 Å². The fourth-order valence-electron chi connectivity index (χ4n) is 3.28. The molecule has 6 nitrogen and oxygen atoms in total. The Bertz CT molecular complexity index is 1310. The van der Waals surface area contributed by atoms with E-state index in [1.165, 1.54) is 29.3 Å². The van der Waals surface area contributed by atoms with E-state index in [2.05, 4.69) is 10.3 Å². The number of carbonyl (C=O) groups is 1.